The monoisotopic (exact) mass is 278 g/mol. The maximum atomic E-state index is 5.86. The van der Waals surface area contributed by atoms with Crippen LogP contribution in [-0.2, 0) is 11.2 Å². The highest BCUT2D eigenvalue weighted by atomic mass is 32.1. The molecular formula is C13H18N4OS. The van der Waals surface area contributed by atoms with Crippen LogP contribution < -0.4 is 5.32 Å². The summed E-state index contributed by atoms with van der Waals surface area (Å²) >= 11 is 1.65. The highest BCUT2D eigenvalue weighted by Crippen LogP contribution is 2.20. The fraction of sp³-hybridized carbons (Fsp3) is 0.538. The number of ether oxygens (including phenoxy) is 1. The Morgan fingerprint density at radius 2 is 2.26 bits per heavy atom. The molecule has 0 unspecified atom stereocenters. The predicted molar refractivity (Wildman–Crippen MR) is 75.2 cm³/mol. The first-order chi connectivity index (χ1) is 9.42. The summed E-state index contributed by atoms with van der Waals surface area (Å²) in [5.41, 5.74) is 0. The van der Waals surface area contributed by atoms with Gasteiger partial charge in [0, 0.05) is 6.42 Å². The van der Waals surface area contributed by atoms with E-state index >= 15 is 0 Å². The fourth-order valence-corrected chi connectivity index (χ4v) is 2.87. The molecular weight excluding hydrogens is 260 g/mol. The molecule has 0 radical (unpaired) electrons. The molecule has 0 bridgehead atoms. The lowest BCUT2D eigenvalue weighted by molar-refractivity contribution is 0.0342. The van der Waals surface area contributed by atoms with E-state index in [0.29, 0.717) is 12.7 Å². The van der Waals surface area contributed by atoms with Crippen molar-refractivity contribution in [2.75, 3.05) is 19.7 Å². The van der Waals surface area contributed by atoms with Gasteiger partial charge in [0.15, 0.2) is 5.82 Å². The molecule has 2 N–H and O–H groups in total. The second-order valence-corrected chi connectivity index (χ2v) is 5.60. The Hall–Kier alpha value is -1.24. The minimum Gasteiger partial charge on any atom is -0.378 e. The molecule has 3 rings (SSSR count). The molecule has 2 aromatic rings. The lowest BCUT2D eigenvalue weighted by Crippen LogP contribution is -2.32. The molecule has 0 saturated carbocycles. The van der Waals surface area contributed by atoms with Crippen molar-refractivity contribution in [3.05, 3.63) is 23.3 Å². The number of aromatic amines is 1. The predicted octanol–water partition coefficient (Wildman–Crippen LogP) is 1.84. The number of hydrogen-bond donors (Lipinski definition) is 2. The van der Waals surface area contributed by atoms with Crippen molar-refractivity contribution in [2.24, 2.45) is 0 Å². The molecule has 0 spiro atoms. The molecule has 6 heteroatoms. The number of nitrogens with zero attached hydrogens (tertiary/aromatic N) is 2. The van der Waals surface area contributed by atoms with Gasteiger partial charge in [-0.05, 0) is 37.4 Å². The van der Waals surface area contributed by atoms with Crippen LogP contribution in [0.5, 0.6) is 0 Å². The van der Waals surface area contributed by atoms with Gasteiger partial charge in [-0.25, -0.2) is 4.98 Å². The second-order valence-electron chi connectivity index (χ2n) is 4.65. The van der Waals surface area contributed by atoms with Crippen LogP contribution in [-0.4, -0.2) is 41.0 Å². The minimum absolute atomic E-state index is 0.404. The standard InChI is InChI=1S/C13H18N4OS/c1-2-11(19-9-1)13-15-12(16-17-13)5-8-18-10-3-6-14-7-4-10/h1-2,9-10,14H,3-8H2,(H,15,16,17). The van der Waals surface area contributed by atoms with Gasteiger partial charge >= 0.3 is 0 Å². The molecule has 3 heterocycles. The summed E-state index contributed by atoms with van der Waals surface area (Å²) < 4.78 is 5.86. The Balaban J connectivity index is 1.48. The van der Waals surface area contributed by atoms with Crippen molar-refractivity contribution >= 4 is 11.3 Å². The van der Waals surface area contributed by atoms with Crippen molar-refractivity contribution in [3.8, 4) is 10.7 Å². The van der Waals surface area contributed by atoms with Crippen molar-refractivity contribution in [2.45, 2.75) is 25.4 Å². The molecule has 1 aliphatic rings. The minimum atomic E-state index is 0.404. The number of piperidine rings is 1. The lowest BCUT2D eigenvalue weighted by atomic mass is 10.1. The van der Waals surface area contributed by atoms with Gasteiger partial charge in [-0.3, -0.25) is 5.10 Å². The van der Waals surface area contributed by atoms with E-state index in [-0.39, 0.29) is 0 Å². The Labute approximate surface area is 116 Å². The van der Waals surface area contributed by atoms with Gasteiger partial charge in [0.25, 0.3) is 0 Å². The normalized spacial score (nSPS) is 16.8. The van der Waals surface area contributed by atoms with E-state index in [1.165, 1.54) is 0 Å². The number of nitrogens with one attached hydrogen (secondary N) is 2. The zero-order valence-corrected chi connectivity index (χ0v) is 11.6. The fourth-order valence-electron chi connectivity index (χ4n) is 2.21. The Bertz CT molecular complexity index is 490. The molecule has 1 saturated heterocycles. The van der Waals surface area contributed by atoms with Crippen LogP contribution in [0, 0.1) is 0 Å². The molecule has 0 amide bonds. The van der Waals surface area contributed by atoms with Gasteiger partial charge in [0.1, 0.15) is 5.82 Å². The summed E-state index contributed by atoms with van der Waals surface area (Å²) in [6.45, 7) is 2.84. The summed E-state index contributed by atoms with van der Waals surface area (Å²) in [7, 11) is 0. The number of hydrogen-bond acceptors (Lipinski definition) is 5. The first-order valence-electron chi connectivity index (χ1n) is 6.69. The van der Waals surface area contributed by atoms with Gasteiger partial charge in [-0.15, -0.1) is 11.3 Å². The summed E-state index contributed by atoms with van der Waals surface area (Å²) in [5, 5.41) is 12.6. The second kappa shape index (κ2) is 6.27. The molecule has 1 aliphatic heterocycles. The smallest absolute Gasteiger partial charge is 0.191 e. The SMILES string of the molecule is c1csc(-c2n[nH]c(CCOC3CCNCC3)n2)c1. The van der Waals surface area contributed by atoms with Gasteiger partial charge < -0.3 is 10.1 Å². The first kappa shape index (κ1) is 12.8. The van der Waals surface area contributed by atoms with E-state index in [0.717, 1.165) is 48.9 Å². The summed E-state index contributed by atoms with van der Waals surface area (Å²) in [6.07, 6.45) is 3.41. The molecule has 0 aliphatic carbocycles. The third kappa shape index (κ3) is 3.40. The largest absolute Gasteiger partial charge is 0.378 e. The first-order valence-corrected chi connectivity index (χ1v) is 7.57. The van der Waals surface area contributed by atoms with Gasteiger partial charge in [0.2, 0.25) is 0 Å². The van der Waals surface area contributed by atoms with E-state index in [1.807, 2.05) is 17.5 Å². The van der Waals surface area contributed by atoms with E-state index in [2.05, 4.69) is 20.5 Å². The molecule has 19 heavy (non-hydrogen) atoms. The number of aromatic nitrogens is 3. The topological polar surface area (TPSA) is 62.8 Å². The van der Waals surface area contributed by atoms with Crippen LogP contribution in [0.4, 0.5) is 0 Å². The Kier molecular flexibility index (Phi) is 4.22. The van der Waals surface area contributed by atoms with Crippen molar-refractivity contribution < 1.29 is 4.74 Å². The summed E-state index contributed by atoms with van der Waals surface area (Å²) in [4.78, 5) is 5.59. The van der Waals surface area contributed by atoms with E-state index in [4.69, 9.17) is 4.74 Å². The highest BCUT2D eigenvalue weighted by Gasteiger charge is 2.13. The van der Waals surface area contributed by atoms with Crippen LogP contribution in [0.2, 0.25) is 0 Å². The maximum Gasteiger partial charge on any atom is 0.191 e. The van der Waals surface area contributed by atoms with Crippen molar-refractivity contribution in [1.82, 2.24) is 20.5 Å². The summed E-state index contributed by atoms with van der Waals surface area (Å²) in [6, 6.07) is 4.04. The van der Waals surface area contributed by atoms with Crippen LogP contribution in [0.15, 0.2) is 17.5 Å². The van der Waals surface area contributed by atoms with Crippen molar-refractivity contribution in [1.29, 1.82) is 0 Å². The molecule has 0 aromatic carbocycles. The molecule has 1 fully saturated rings. The zero-order valence-electron chi connectivity index (χ0n) is 10.8. The average Bonchev–Trinajstić information content (AvgIpc) is 3.10. The third-order valence-corrected chi connectivity index (χ3v) is 4.12. The number of rotatable bonds is 5. The Morgan fingerprint density at radius 1 is 1.37 bits per heavy atom. The average molecular weight is 278 g/mol. The number of H-pyrrole nitrogens is 1. The maximum absolute atomic E-state index is 5.86. The van der Waals surface area contributed by atoms with Crippen LogP contribution >= 0.6 is 11.3 Å². The molecule has 0 atom stereocenters. The van der Waals surface area contributed by atoms with E-state index in [9.17, 15) is 0 Å². The lowest BCUT2D eigenvalue weighted by Gasteiger charge is -2.22. The highest BCUT2D eigenvalue weighted by molar-refractivity contribution is 7.13. The van der Waals surface area contributed by atoms with Crippen LogP contribution in [0.1, 0.15) is 18.7 Å². The molecule has 102 valence electrons. The third-order valence-electron chi connectivity index (χ3n) is 3.25. The van der Waals surface area contributed by atoms with E-state index in [1.54, 1.807) is 11.3 Å². The number of thiophene rings is 1. The molecule has 5 nitrogen and oxygen atoms in total. The Morgan fingerprint density at radius 3 is 3.05 bits per heavy atom. The van der Waals surface area contributed by atoms with Gasteiger partial charge in [0.05, 0.1) is 17.6 Å². The van der Waals surface area contributed by atoms with Gasteiger partial charge in [-0.2, -0.15) is 5.10 Å². The van der Waals surface area contributed by atoms with Crippen molar-refractivity contribution in [3.63, 3.8) is 0 Å². The van der Waals surface area contributed by atoms with Gasteiger partial charge in [-0.1, -0.05) is 6.07 Å². The zero-order chi connectivity index (χ0) is 12.9. The van der Waals surface area contributed by atoms with E-state index < -0.39 is 0 Å². The molecule has 2 aromatic heterocycles. The summed E-state index contributed by atoms with van der Waals surface area (Å²) in [5.74, 6) is 1.68. The van der Waals surface area contributed by atoms with Crippen LogP contribution in [0.25, 0.3) is 10.7 Å². The quantitative estimate of drug-likeness (QED) is 0.876. The van der Waals surface area contributed by atoms with Crippen LogP contribution in [0.3, 0.4) is 0 Å².